The van der Waals surface area contributed by atoms with Crippen molar-refractivity contribution in [2.75, 3.05) is 6.61 Å². The van der Waals surface area contributed by atoms with E-state index in [1.54, 1.807) is 0 Å². The van der Waals surface area contributed by atoms with E-state index in [1.807, 2.05) is 31.2 Å². The molecule has 15 heavy (non-hydrogen) atoms. The average Bonchev–Trinajstić information content (AvgIpc) is 2.99. The SMILES string of the molecule is CCOC(=O)C1C=C1Cc1ccccc1. The van der Waals surface area contributed by atoms with Crippen LogP contribution in [-0.2, 0) is 16.0 Å². The Balaban J connectivity index is 1.85. The van der Waals surface area contributed by atoms with Gasteiger partial charge in [-0.1, -0.05) is 42.0 Å². The average molecular weight is 202 g/mol. The predicted molar refractivity (Wildman–Crippen MR) is 58.4 cm³/mol. The lowest BCUT2D eigenvalue weighted by molar-refractivity contribution is -0.144. The number of ether oxygens (including phenoxy) is 1. The summed E-state index contributed by atoms with van der Waals surface area (Å²) in [6, 6.07) is 10.2. The molecule has 0 N–H and O–H groups in total. The van der Waals surface area contributed by atoms with Gasteiger partial charge in [-0.3, -0.25) is 4.79 Å². The van der Waals surface area contributed by atoms with Crippen molar-refractivity contribution in [2.45, 2.75) is 13.3 Å². The first-order chi connectivity index (χ1) is 7.31. The van der Waals surface area contributed by atoms with Gasteiger partial charge in [-0.05, 0) is 18.9 Å². The molecule has 1 aliphatic rings. The van der Waals surface area contributed by atoms with Gasteiger partial charge in [0.15, 0.2) is 0 Å². The lowest BCUT2D eigenvalue weighted by Gasteiger charge is -2.01. The molecule has 1 aliphatic carbocycles. The topological polar surface area (TPSA) is 26.3 Å². The van der Waals surface area contributed by atoms with Crippen LogP contribution >= 0.6 is 0 Å². The molecule has 0 bridgehead atoms. The zero-order valence-electron chi connectivity index (χ0n) is 8.77. The fourth-order valence-electron chi connectivity index (χ4n) is 1.62. The van der Waals surface area contributed by atoms with E-state index in [0.717, 1.165) is 6.42 Å². The van der Waals surface area contributed by atoms with Gasteiger partial charge in [0.25, 0.3) is 0 Å². The highest BCUT2D eigenvalue weighted by molar-refractivity contribution is 5.83. The molecule has 2 heteroatoms. The Morgan fingerprint density at radius 1 is 1.33 bits per heavy atom. The van der Waals surface area contributed by atoms with Gasteiger partial charge in [0.2, 0.25) is 0 Å². The molecule has 0 aliphatic heterocycles. The normalized spacial score (nSPS) is 18.2. The van der Waals surface area contributed by atoms with Crippen molar-refractivity contribution in [3.63, 3.8) is 0 Å². The predicted octanol–water partition coefficient (Wildman–Crippen LogP) is 2.35. The first-order valence-corrected chi connectivity index (χ1v) is 5.22. The van der Waals surface area contributed by atoms with Gasteiger partial charge in [0.05, 0.1) is 12.5 Å². The minimum atomic E-state index is -0.108. The van der Waals surface area contributed by atoms with E-state index in [1.165, 1.54) is 11.1 Å². The Morgan fingerprint density at radius 2 is 2.07 bits per heavy atom. The third kappa shape index (κ3) is 2.46. The van der Waals surface area contributed by atoms with Crippen LogP contribution in [0.1, 0.15) is 12.5 Å². The van der Waals surface area contributed by atoms with Crippen molar-refractivity contribution in [1.29, 1.82) is 0 Å². The molecule has 0 fully saturated rings. The molecule has 0 heterocycles. The second-order valence-electron chi connectivity index (χ2n) is 3.63. The van der Waals surface area contributed by atoms with Crippen molar-refractivity contribution in [2.24, 2.45) is 5.92 Å². The van der Waals surface area contributed by atoms with Crippen molar-refractivity contribution in [3.8, 4) is 0 Å². The van der Waals surface area contributed by atoms with Gasteiger partial charge in [0, 0.05) is 0 Å². The van der Waals surface area contributed by atoms with E-state index in [9.17, 15) is 4.79 Å². The Bertz CT molecular complexity index is 379. The van der Waals surface area contributed by atoms with E-state index < -0.39 is 0 Å². The van der Waals surface area contributed by atoms with Crippen molar-refractivity contribution >= 4 is 5.97 Å². The highest BCUT2D eigenvalue weighted by Gasteiger charge is 2.32. The number of carbonyl (C=O) groups is 1. The maximum absolute atomic E-state index is 11.3. The van der Waals surface area contributed by atoms with Gasteiger partial charge < -0.3 is 4.74 Å². The zero-order valence-corrected chi connectivity index (χ0v) is 8.77. The van der Waals surface area contributed by atoms with Gasteiger partial charge in [-0.15, -0.1) is 0 Å². The third-order valence-corrected chi connectivity index (χ3v) is 2.46. The summed E-state index contributed by atoms with van der Waals surface area (Å²) in [7, 11) is 0. The molecule has 0 saturated carbocycles. The number of carbonyl (C=O) groups excluding carboxylic acids is 1. The summed E-state index contributed by atoms with van der Waals surface area (Å²) in [6.45, 7) is 2.29. The minimum Gasteiger partial charge on any atom is -0.465 e. The lowest BCUT2D eigenvalue weighted by Crippen LogP contribution is -2.08. The fourth-order valence-corrected chi connectivity index (χ4v) is 1.62. The summed E-state index contributed by atoms with van der Waals surface area (Å²) in [5, 5.41) is 0. The fraction of sp³-hybridized carbons (Fsp3) is 0.308. The first kappa shape index (κ1) is 9.97. The Labute approximate surface area is 89.6 Å². The smallest absolute Gasteiger partial charge is 0.316 e. The highest BCUT2D eigenvalue weighted by Crippen LogP contribution is 2.32. The number of hydrogen-bond acceptors (Lipinski definition) is 2. The van der Waals surface area contributed by atoms with Crippen LogP contribution in [-0.4, -0.2) is 12.6 Å². The van der Waals surface area contributed by atoms with E-state index in [-0.39, 0.29) is 11.9 Å². The monoisotopic (exact) mass is 202 g/mol. The second-order valence-corrected chi connectivity index (χ2v) is 3.63. The molecule has 1 aromatic carbocycles. The standard InChI is InChI=1S/C13H14O2/c1-2-15-13(14)12-9-11(12)8-10-6-4-3-5-7-10/h3-7,9,12H,2,8H2,1H3. The van der Waals surface area contributed by atoms with Crippen LogP contribution < -0.4 is 0 Å². The molecule has 0 amide bonds. The molecule has 0 saturated heterocycles. The molecule has 2 rings (SSSR count). The van der Waals surface area contributed by atoms with Gasteiger partial charge in [-0.25, -0.2) is 0 Å². The third-order valence-electron chi connectivity index (χ3n) is 2.46. The van der Waals surface area contributed by atoms with Crippen LogP contribution in [0.5, 0.6) is 0 Å². The summed E-state index contributed by atoms with van der Waals surface area (Å²) in [4.78, 5) is 11.3. The van der Waals surface area contributed by atoms with E-state index in [0.29, 0.717) is 6.61 Å². The number of rotatable bonds is 4. The largest absolute Gasteiger partial charge is 0.465 e. The maximum Gasteiger partial charge on any atom is 0.316 e. The zero-order chi connectivity index (χ0) is 10.7. The molecule has 0 spiro atoms. The Morgan fingerprint density at radius 3 is 2.73 bits per heavy atom. The van der Waals surface area contributed by atoms with Crippen LogP contribution in [0.4, 0.5) is 0 Å². The van der Waals surface area contributed by atoms with E-state index in [2.05, 4.69) is 12.1 Å². The van der Waals surface area contributed by atoms with Crippen LogP contribution in [0, 0.1) is 5.92 Å². The molecule has 2 nitrogen and oxygen atoms in total. The maximum atomic E-state index is 11.3. The van der Waals surface area contributed by atoms with Gasteiger partial charge in [-0.2, -0.15) is 0 Å². The highest BCUT2D eigenvalue weighted by atomic mass is 16.5. The van der Waals surface area contributed by atoms with E-state index in [4.69, 9.17) is 4.74 Å². The summed E-state index contributed by atoms with van der Waals surface area (Å²) >= 11 is 0. The lowest BCUT2D eigenvalue weighted by atomic mass is 10.1. The van der Waals surface area contributed by atoms with Gasteiger partial charge >= 0.3 is 5.97 Å². The molecule has 0 aromatic heterocycles. The molecule has 0 radical (unpaired) electrons. The van der Waals surface area contributed by atoms with Crippen molar-refractivity contribution in [3.05, 3.63) is 47.5 Å². The molecular formula is C13H14O2. The molecule has 1 aromatic rings. The van der Waals surface area contributed by atoms with Crippen LogP contribution in [0.2, 0.25) is 0 Å². The summed E-state index contributed by atoms with van der Waals surface area (Å²) in [6.07, 6.45) is 2.84. The van der Waals surface area contributed by atoms with Crippen molar-refractivity contribution < 1.29 is 9.53 Å². The quantitative estimate of drug-likeness (QED) is 0.553. The second kappa shape index (κ2) is 4.30. The van der Waals surface area contributed by atoms with Crippen LogP contribution in [0.25, 0.3) is 0 Å². The summed E-state index contributed by atoms with van der Waals surface area (Å²) < 4.78 is 4.94. The van der Waals surface area contributed by atoms with Crippen LogP contribution in [0.15, 0.2) is 42.0 Å². The molecule has 1 unspecified atom stereocenters. The number of esters is 1. The Kier molecular flexibility index (Phi) is 2.86. The minimum absolute atomic E-state index is 0.0508. The molecule has 78 valence electrons. The number of benzene rings is 1. The van der Waals surface area contributed by atoms with Gasteiger partial charge in [0.1, 0.15) is 0 Å². The Hall–Kier alpha value is -1.57. The molecule has 1 atom stereocenters. The van der Waals surface area contributed by atoms with E-state index >= 15 is 0 Å². The summed E-state index contributed by atoms with van der Waals surface area (Å²) in [5.41, 5.74) is 2.43. The molecular weight excluding hydrogens is 188 g/mol. The van der Waals surface area contributed by atoms with Crippen molar-refractivity contribution in [1.82, 2.24) is 0 Å². The van der Waals surface area contributed by atoms with Crippen LogP contribution in [0.3, 0.4) is 0 Å². The number of hydrogen-bond donors (Lipinski definition) is 0. The first-order valence-electron chi connectivity index (χ1n) is 5.22. The summed E-state index contributed by atoms with van der Waals surface area (Å²) in [5.74, 6) is -0.159.